The van der Waals surface area contributed by atoms with Crippen LogP contribution in [0.5, 0.6) is 11.5 Å². The number of rotatable bonds is 8. The van der Waals surface area contributed by atoms with Crippen molar-refractivity contribution in [2.45, 2.75) is 18.4 Å². The Bertz CT molecular complexity index is 1330. The summed E-state index contributed by atoms with van der Waals surface area (Å²) in [5, 5.41) is 4.35. The van der Waals surface area contributed by atoms with Crippen molar-refractivity contribution in [2.24, 2.45) is 5.10 Å². The van der Waals surface area contributed by atoms with Crippen molar-refractivity contribution in [3.05, 3.63) is 88.4 Å². The number of benzene rings is 3. The number of sulfonamides is 1. The average Bonchev–Trinajstić information content (AvgIpc) is 3.28. The highest BCUT2D eigenvalue weighted by molar-refractivity contribution is 7.89. The van der Waals surface area contributed by atoms with Gasteiger partial charge in [0, 0.05) is 11.6 Å². The molecule has 34 heavy (non-hydrogen) atoms. The first-order valence-electron chi connectivity index (χ1n) is 10.3. The van der Waals surface area contributed by atoms with Crippen LogP contribution < -0.4 is 14.9 Å². The molecule has 176 valence electrons. The summed E-state index contributed by atoms with van der Waals surface area (Å²) < 4.78 is 38.3. The number of carbonyl (C=O) groups excluding carboxylic acids is 1. The van der Waals surface area contributed by atoms with Gasteiger partial charge in [0.15, 0.2) is 11.5 Å². The molecule has 0 atom stereocenters. The lowest BCUT2D eigenvalue weighted by Gasteiger charge is -2.22. The molecule has 0 saturated heterocycles. The van der Waals surface area contributed by atoms with E-state index in [0.717, 1.165) is 9.87 Å². The third-order valence-corrected chi connectivity index (χ3v) is 7.26. The zero-order chi connectivity index (χ0) is 24.1. The van der Waals surface area contributed by atoms with Crippen LogP contribution in [0.4, 0.5) is 0 Å². The number of aryl methyl sites for hydroxylation is 1. The quantitative estimate of drug-likeness (QED) is 0.376. The van der Waals surface area contributed by atoms with Crippen LogP contribution in [0.15, 0.2) is 76.7 Å². The summed E-state index contributed by atoms with van der Waals surface area (Å²) >= 11 is 6.25. The second-order valence-corrected chi connectivity index (χ2v) is 9.93. The SMILES string of the molecule is Cc1ccc(S(=O)(=O)N(CC(=O)N/N=C\c2ccc3c(c2)OCO3)Cc2ccccc2Cl)cc1. The topological polar surface area (TPSA) is 97.3 Å². The summed E-state index contributed by atoms with van der Waals surface area (Å²) in [6, 6.07) is 18.6. The van der Waals surface area contributed by atoms with E-state index in [0.29, 0.717) is 27.6 Å². The number of hydrazone groups is 1. The smallest absolute Gasteiger partial charge is 0.255 e. The molecule has 0 unspecified atom stereocenters. The van der Waals surface area contributed by atoms with E-state index in [1.165, 1.54) is 18.3 Å². The van der Waals surface area contributed by atoms with Crippen molar-refractivity contribution < 1.29 is 22.7 Å². The minimum absolute atomic E-state index is 0.0742. The molecule has 1 N–H and O–H groups in total. The molecule has 0 radical (unpaired) electrons. The third kappa shape index (κ3) is 5.56. The third-order valence-electron chi connectivity index (χ3n) is 5.08. The molecular formula is C24H22ClN3O5S. The van der Waals surface area contributed by atoms with E-state index in [-0.39, 0.29) is 18.2 Å². The Morgan fingerprint density at radius 2 is 1.82 bits per heavy atom. The van der Waals surface area contributed by atoms with Gasteiger partial charge in [-0.2, -0.15) is 9.41 Å². The number of amides is 1. The Labute approximate surface area is 202 Å². The van der Waals surface area contributed by atoms with Crippen molar-refractivity contribution in [3.63, 3.8) is 0 Å². The maximum atomic E-state index is 13.3. The van der Waals surface area contributed by atoms with Gasteiger partial charge in [-0.3, -0.25) is 4.79 Å². The molecule has 4 rings (SSSR count). The summed E-state index contributed by atoms with van der Waals surface area (Å²) in [6.07, 6.45) is 1.44. The normalized spacial score (nSPS) is 12.9. The molecule has 10 heteroatoms. The van der Waals surface area contributed by atoms with E-state index in [1.807, 2.05) is 6.92 Å². The molecule has 8 nitrogen and oxygen atoms in total. The second kappa shape index (κ2) is 10.3. The molecule has 3 aromatic carbocycles. The van der Waals surface area contributed by atoms with Crippen molar-refractivity contribution in [1.82, 2.24) is 9.73 Å². The lowest BCUT2D eigenvalue weighted by atomic mass is 10.2. The fraction of sp³-hybridized carbons (Fsp3) is 0.167. The standard InChI is InChI=1S/C24H22ClN3O5S/c1-17-6-9-20(10-7-17)34(30,31)28(14-19-4-2-3-5-21(19)25)15-24(29)27-26-13-18-8-11-22-23(12-18)33-16-32-22/h2-13H,14-16H2,1H3,(H,27,29)/b26-13-. The van der Waals surface area contributed by atoms with E-state index >= 15 is 0 Å². The fourth-order valence-electron chi connectivity index (χ4n) is 3.27. The molecule has 0 aliphatic carbocycles. The average molecular weight is 500 g/mol. The molecule has 0 saturated carbocycles. The summed E-state index contributed by atoms with van der Waals surface area (Å²) in [7, 11) is -3.98. The molecule has 3 aromatic rings. The highest BCUT2D eigenvalue weighted by Gasteiger charge is 2.27. The van der Waals surface area contributed by atoms with Gasteiger partial charge in [0.05, 0.1) is 17.7 Å². The highest BCUT2D eigenvalue weighted by Crippen LogP contribution is 2.32. The number of hydrogen-bond acceptors (Lipinski definition) is 6. The predicted octanol–water partition coefficient (Wildman–Crippen LogP) is 3.72. The van der Waals surface area contributed by atoms with Crippen LogP contribution in [-0.4, -0.2) is 38.2 Å². The van der Waals surface area contributed by atoms with Gasteiger partial charge in [0.2, 0.25) is 16.8 Å². The van der Waals surface area contributed by atoms with E-state index in [9.17, 15) is 13.2 Å². The van der Waals surface area contributed by atoms with Crippen molar-refractivity contribution >= 4 is 33.7 Å². The predicted molar refractivity (Wildman–Crippen MR) is 129 cm³/mol. The minimum atomic E-state index is -3.98. The van der Waals surface area contributed by atoms with Gasteiger partial charge < -0.3 is 9.47 Å². The number of ether oxygens (including phenoxy) is 2. The van der Waals surface area contributed by atoms with Crippen LogP contribution in [-0.2, 0) is 21.4 Å². The molecular weight excluding hydrogens is 478 g/mol. The monoisotopic (exact) mass is 499 g/mol. The maximum absolute atomic E-state index is 13.3. The van der Waals surface area contributed by atoms with Crippen LogP contribution in [0, 0.1) is 6.92 Å². The zero-order valence-corrected chi connectivity index (χ0v) is 19.8. The van der Waals surface area contributed by atoms with E-state index in [1.54, 1.807) is 54.6 Å². The number of carbonyl (C=O) groups is 1. The zero-order valence-electron chi connectivity index (χ0n) is 18.3. The minimum Gasteiger partial charge on any atom is -0.454 e. The molecule has 0 spiro atoms. The van der Waals surface area contributed by atoms with E-state index < -0.39 is 22.5 Å². The van der Waals surface area contributed by atoms with Crippen LogP contribution in [0.25, 0.3) is 0 Å². The molecule has 1 aliphatic heterocycles. The van der Waals surface area contributed by atoms with Crippen molar-refractivity contribution in [1.29, 1.82) is 0 Å². The fourth-order valence-corrected chi connectivity index (χ4v) is 4.84. The van der Waals surface area contributed by atoms with Gasteiger partial charge in [0.25, 0.3) is 5.91 Å². The number of nitrogens with one attached hydrogen (secondary N) is 1. The Morgan fingerprint density at radius 1 is 1.09 bits per heavy atom. The number of nitrogens with zero attached hydrogens (tertiary/aromatic N) is 2. The van der Waals surface area contributed by atoms with Crippen LogP contribution in [0.2, 0.25) is 5.02 Å². The Morgan fingerprint density at radius 3 is 2.59 bits per heavy atom. The first-order valence-corrected chi connectivity index (χ1v) is 12.2. The molecule has 0 bridgehead atoms. The molecule has 1 amide bonds. The summed E-state index contributed by atoms with van der Waals surface area (Å²) in [4.78, 5) is 12.7. The largest absolute Gasteiger partial charge is 0.454 e. The van der Waals surface area contributed by atoms with Gasteiger partial charge in [-0.05, 0) is 54.4 Å². The van der Waals surface area contributed by atoms with Gasteiger partial charge in [-0.15, -0.1) is 0 Å². The lowest BCUT2D eigenvalue weighted by molar-refractivity contribution is -0.121. The van der Waals surface area contributed by atoms with E-state index in [2.05, 4.69) is 10.5 Å². The highest BCUT2D eigenvalue weighted by atomic mass is 35.5. The van der Waals surface area contributed by atoms with E-state index in [4.69, 9.17) is 21.1 Å². The van der Waals surface area contributed by atoms with Gasteiger partial charge in [-0.25, -0.2) is 13.8 Å². The Hall–Kier alpha value is -3.40. The molecule has 1 aliphatic rings. The van der Waals surface area contributed by atoms with Crippen LogP contribution in [0.1, 0.15) is 16.7 Å². The number of fused-ring (bicyclic) bond motifs is 1. The first kappa shape index (κ1) is 23.7. The van der Waals surface area contributed by atoms with Gasteiger partial charge in [-0.1, -0.05) is 47.5 Å². The summed E-state index contributed by atoms with van der Waals surface area (Å²) in [5.41, 5.74) is 4.57. The Kier molecular flexibility index (Phi) is 7.16. The van der Waals surface area contributed by atoms with Gasteiger partial charge in [0.1, 0.15) is 0 Å². The van der Waals surface area contributed by atoms with Crippen molar-refractivity contribution in [3.8, 4) is 11.5 Å². The second-order valence-electron chi connectivity index (χ2n) is 7.58. The number of hydrogen-bond donors (Lipinski definition) is 1. The maximum Gasteiger partial charge on any atom is 0.255 e. The molecule has 0 aromatic heterocycles. The van der Waals surface area contributed by atoms with Crippen LogP contribution in [0.3, 0.4) is 0 Å². The van der Waals surface area contributed by atoms with Crippen LogP contribution >= 0.6 is 11.6 Å². The summed E-state index contributed by atoms with van der Waals surface area (Å²) in [6.45, 7) is 1.50. The lowest BCUT2D eigenvalue weighted by Crippen LogP contribution is -2.39. The number of halogens is 1. The van der Waals surface area contributed by atoms with Gasteiger partial charge >= 0.3 is 0 Å². The first-order chi connectivity index (χ1) is 16.3. The molecule has 1 heterocycles. The van der Waals surface area contributed by atoms with Crippen molar-refractivity contribution in [2.75, 3.05) is 13.3 Å². The molecule has 0 fully saturated rings. The Balaban J connectivity index is 1.50. The summed E-state index contributed by atoms with van der Waals surface area (Å²) in [5.74, 6) is 0.628.